The molecule has 0 radical (unpaired) electrons. The summed E-state index contributed by atoms with van der Waals surface area (Å²) in [6.07, 6.45) is 5.76. The first-order valence-electron chi connectivity index (χ1n) is 7.39. The molecule has 0 bridgehead atoms. The highest BCUT2D eigenvalue weighted by molar-refractivity contribution is 5.31. The van der Waals surface area contributed by atoms with Gasteiger partial charge in [-0.25, -0.2) is 0 Å². The summed E-state index contributed by atoms with van der Waals surface area (Å²) in [6.45, 7) is 1.72. The zero-order valence-corrected chi connectivity index (χ0v) is 11.4. The van der Waals surface area contributed by atoms with Crippen LogP contribution in [0.1, 0.15) is 42.9 Å². The van der Waals surface area contributed by atoms with Crippen molar-refractivity contribution in [2.24, 2.45) is 5.73 Å². The molecule has 3 heteroatoms. The maximum atomic E-state index is 6.28. The van der Waals surface area contributed by atoms with E-state index in [0.717, 1.165) is 38.9 Å². The number of hydrogen-bond acceptors (Lipinski definition) is 3. The first kappa shape index (κ1) is 13.1. The molecule has 0 aliphatic carbocycles. The molecule has 2 heterocycles. The van der Waals surface area contributed by atoms with Crippen LogP contribution < -0.4 is 5.73 Å². The van der Waals surface area contributed by atoms with Crippen molar-refractivity contribution in [1.82, 2.24) is 0 Å². The molecule has 0 aromatic heterocycles. The fraction of sp³-hybridized carbons (Fsp3) is 0.625. The molecule has 2 N–H and O–H groups in total. The van der Waals surface area contributed by atoms with Crippen LogP contribution in [-0.2, 0) is 15.9 Å². The lowest BCUT2D eigenvalue weighted by molar-refractivity contribution is 0.0258. The van der Waals surface area contributed by atoms with E-state index >= 15 is 0 Å². The third-order valence-electron chi connectivity index (χ3n) is 4.20. The molecule has 1 aromatic rings. The standard InChI is InChI=1S/C16H23NO2/c17-13(10-14-5-3-8-18-14)11-16-15-6-2-1-4-12(15)7-9-19-16/h1-2,4,6,13-14,16H,3,5,7-11,17H2. The van der Waals surface area contributed by atoms with E-state index in [1.165, 1.54) is 17.5 Å². The van der Waals surface area contributed by atoms with E-state index in [1.54, 1.807) is 0 Å². The van der Waals surface area contributed by atoms with Gasteiger partial charge in [-0.05, 0) is 43.2 Å². The Morgan fingerprint density at radius 2 is 2.05 bits per heavy atom. The lowest BCUT2D eigenvalue weighted by atomic mass is 9.92. The highest BCUT2D eigenvalue weighted by atomic mass is 16.5. The Hall–Kier alpha value is -0.900. The Morgan fingerprint density at radius 1 is 1.16 bits per heavy atom. The summed E-state index contributed by atoms with van der Waals surface area (Å²) in [5.41, 5.74) is 9.03. The van der Waals surface area contributed by atoms with Crippen molar-refractivity contribution in [1.29, 1.82) is 0 Å². The van der Waals surface area contributed by atoms with Crippen LogP contribution in [0, 0.1) is 0 Å². The van der Waals surface area contributed by atoms with E-state index in [-0.39, 0.29) is 12.1 Å². The summed E-state index contributed by atoms with van der Waals surface area (Å²) in [6, 6.07) is 8.74. The minimum atomic E-state index is 0.166. The smallest absolute Gasteiger partial charge is 0.0842 e. The Labute approximate surface area is 115 Å². The van der Waals surface area contributed by atoms with Gasteiger partial charge in [-0.3, -0.25) is 0 Å². The fourth-order valence-electron chi connectivity index (χ4n) is 3.21. The largest absolute Gasteiger partial charge is 0.378 e. The molecule has 1 fully saturated rings. The molecule has 19 heavy (non-hydrogen) atoms. The SMILES string of the molecule is NC(CC1CCCO1)CC1OCCc2ccccc21. The van der Waals surface area contributed by atoms with Gasteiger partial charge in [0.05, 0.1) is 18.8 Å². The third-order valence-corrected chi connectivity index (χ3v) is 4.20. The zero-order chi connectivity index (χ0) is 13.1. The van der Waals surface area contributed by atoms with E-state index in [2.05, 4.69) is 24.3 Å². The van der Waals surface area contributed by atoms with Gasteiger partial charge < -0.3 is 15.2 Å². The second-order valence-electron chi connectivity index (χ2n) is 5.67. The van der Waals surface area contributed by atoms with Crippen LogP contribution in [0.2, 0.25) is 0 Å². The molecule has 2 aliphatic heterocycles. The first-order valence-corrected chi connectivity index (χ1v) is 7.39. The quantitative estimate of drug-likeness (QED) is 0.906. The molecule has 104 valence electrons. The number of fused-ring (bicyclic) bond motifs is 1. The van der Waals surface area contributed by atoms with E-state index in [0.29, 0.717) is 6.10 Å². The molecular formula is C16H23NO2. The molecule has 1 aromatic carbocycles. The van der Waals surface area contributed by atoms with Crippen LogP contribution >= 0.6 is 0 Å². The lowest BCUT2D eigenvalue weighted by Crippen LogP contribution is -2.30. The van der Waals surface area contributed by atoms with Crippen LogP contribution in [-0.4, -0.2) is 25.4 Å². The summed E-state index contributed by atoms with van der Waals surface area (Å²) in [5, 5.41) is 0. The molecule has 3 unspecified atom stereocenters. The van der Waals surface area contributed by atoms with E-state index in [4.69, 9.17) is 15.2 Å². The first-order chi connectivity index (χ1) is 9.33. The van der Waals surface area contributed by atoms with Crippen LogP contribution in [0.3, 0.4) is 0 Å². The normalized spacial score (nSPS) is 28.1. The van der Waals surface area contributed by atoms with Crippen LogP contribution in [0.5, 0.6) is 0 Å². The fourth-order valence-corrected chi connectivity index (χ4v) is 3.21. The van der Waals surface area contributed by atoms with Crippen molar-refractivity contribution in [3.8, 4) is 0 Å². The molecule has 0 saturated carbocycles. The minimum Gasteiger partial charge on any atom is -0.378 e. The van der Waals surface area contributed by atoms with Crippen molar-refractivity contribution in [2.75, 3.05) is 13.2 Å². The Morgan fingerprint density at radius 3 is 2.89 bits per heavy atom. The highest BCUT2D eigenvalue weighted by Gasteiger charge is 2.25. The molecule has 1 saturated heterocycles. The van der Waals surface area contributed by atoms with Crippen molar-refractivity contribution in [2.45, 2.75) is 50.4 Å². The number of rotatable bonds is 4. The zero-order valence-electron chi connectivity index (χ0n) is 11.4. The van der Waals surface area contributed by atoms with E-state index in [1.807, 2.05) is 0 Å². The molecular weight excluding hydrogens is 238 g/mol. The van der Waals surface area contributed by atoms with Gasteiger partial charge in [0.15, 0.2) is 0 Å². The molecule has 3 atom stereocenters. The predicted molar refractivity (Wildman–Crippen MR) is 75.0 cm³/mol. The second kappa shape index (κ2) is 6.04. The van der Waals surface area contributed by atoms with Crippen LogP contribution in [0.25, 0.3) is 0 Å². The van der Waals surface area contributed by atoms with Crippen molar-refractivity contribution in [3.05, 3.63) is 35.4 Å². The lowest BCUT2D eigenvalue weighted by Gasteiger charge is -2.28. The van der Waals surface area contributed by atoms with Crippen molar-refractivity contribution in [3.63, 3.8) is 0 Å². The summed E-state index contributed by atoms with van der Waals surface area (Å²) in [5.74, 6) is 0. The van der Waals surface area contributed by atoms with Crippen LogP contribution in [0.15, 0.2) is 24.3 Å². The highest BCUT2D eigenvalue weighted by Crippen LogP contribution is 2.31. The summed E-state index contributed by atoms with van der Waals surface area (Å²) < 4.78 is 11.6. The minimum absolute atomic E-state index is 0.166. The molecule has 0 spiro atoms. The van der Waals surface area contributed by atoms with Crippen molar-refractivity contribution >= 4 is 0 Å². The average molecular weight is 261 g/mol. The van der Waals surface area contributed by atoms with Gasteiger partial charge >= 0.3 is 0 Å². The monoisotopic (exact) mass is 261 g/mol. The number of ether oxygens (including phenoxy) is 2. The number of nitrogens with two attached hydrogens (primary N) is 1. The maximum absolute atomic E-state index is 6.28. The van der Waals surface area contributed by atoms with Crippen molar-refractivity contribution < 1.29 is 9.47 Å². The van der Waals surface area contributed by atoms with E-state index < -0.39 is 0 Å². The number of benzene rings is 1. The van der Waals surface area contributed by atoms with Gasteiger partial charge in [0.2, 0.25) is 0 Å². The molecule has 0 amide bonds. The van der Waals surface area contributed by atoms with Gasteiger partial charge in [0.25, 0.3) is 0 Å². The Kier molecular flexibility index (Phi) is 4.16. The third kappa shape index (κ3) is 3.16. The average Bonchev–Trinajstić information content (AvgIpc) is 2.92. The molecule has 2 aliphatic rings. The van der Waals surface area contributed by atoms with E-state index in [9.17, 15) is 0 Å². The maximum Gasteiger partial charge on any atom is 0.0842 e. The Balaban J connectivity index is 1.60. The summed E-state index contributed by atoms with van der Waals surface area (Å²) in [7, 11) is 0. The summed E-state index contributed by atoms with van der Waals surface area (Å²) >= 11 is 0. The molecule has 3 rings (SSSR count). The Bertz CT molecular complexity index is 415. The topological polar surface area (TPSA) is 44.5 Å². The predicted octanol–water partition coefficient (Wildman–Crippen LogP) is 2.59. The van der Waals surface area contributed by atoms with Crippen LogP contribution in [0.4, 0.5) is 0 Å². The molecule has 3 nitrogen and oxygen atoms in total. The van der Waals surface area contributed by atoms with Gasteiger partial charge in [0.1, 0.15) is 0 Å². The van der Waals surface area contributed by atoms with Gasteiger partial charge in [-0.2, -0.15) is 0 Å². The second-order valence-corrected chi connectivity index (χ2v) is 5.67. The van der Waals surface area contributed by atoms with Gasteiger partial charge in [0, 0.05) is 12.6 Å². The van der Waals surface area contributed by atoms with Gasteiger partial charge in [-0.15, -0.1) is 0 Å². The summed E-state index contributed by atoms with van der Waals surface area (Å²) in [4.78, 5) is 0. The number of hydrogen-bond donors (Lipinski definition) is 1. The van der Waals surface area contributed by atoms with Gasteiger partial charge in [-0.1, -0.05) is 24.3 Å².